The van der Waals surface area contributed by atoms with E-state index in [9.17, 15) is 9.59 Å². The molecule has 4 rings (SSSR count). The number of carbonyl (C=O) groups is 2. The molecule has 1 aliphatic carbocycles. The first-order valence-corrected chi connectivity index (χ1v) is 10.9. The number of ether oxygens (including phenoxy) is 3. The molecule has 0 saturated carbocycles. The number of methoxy groups -OCH3 is 1. The van der Waals surface area contributed by atoms with Crippen LogP contribution in [0.4, 0.5) is 5.00 Å². The quantitative estimate of drug-likeness (QED) is 0.715. The van der Waals surface area contributed by atoms with Crippen molar-refractivity contribution in [1.82, 2.24) is 0 Å². The van der Waals surface area contributed by atoms with Crippen molar-refractivity contribution >= 4 is 28.2 Å². The van der Waals surface area contributed by atoms with Gasteiger partial charge in [0.25, 0.3) is 5.91 Å². The van der Waals surface area contributed by atoms with Crippen molar-refractivity contribution in [2.24, 2.45) is 0 Å². The fourth-order valence-electron chi connectivity index (χ4n) is 3.81. The Hall–Kier alpha value is -2.38. The molecule has 154 valence electrons. The molecule has 7 heteroatoms. The number of anilines is 1. The minimum atomic E-state index is -0.391. The maximum absolute atomic E-state index is 12.8. The molecule has 1 aromatic heterocycles. The van der Waals surface area contributed by atoms with Gasteiger partial charge in [-0.1, -0.05) is 0 Å². The van der Waals surface area contributed by atoms with Gasteiger partial charge >= 0.3 is 5.97 Å². The van der Waals surface area contributed by atoms with Crippen molar-refractivity contribution in [3.8, 4) is 5.75 Å². The highest BCUT2D eigenvalue weighted by molar-refractivity contribution is 7.17. The summed E-state index contributed by atoms with van der Waals surface area (Å²) in [5.74, 6) is 0.0656. The number of nitrogens with one attached hydrogen (secondary N) is 1. The standard InChI is InChI=1S/C22H25NO5S/c1-26-22(25)19-17-6-2-3-7-18(17)29-21(19)23-20(24)14-8-10-15(11-9-14)28-13-16-5-4-12-27-16/h8-11,16H,2-7,12-13H2,1H3,(H,23,24). The number of hydrogen-bond donors (Lipinski definition) is 1. The summed E-state index contributed by atoms with van der Waals surface area (Å²) < 4.78 is 16.3. The Bertz CT molecular complexity index is 883. The first-order chi connectivity index (χ1) is 14.2. The topological polar surface area (TPSA) is 73.9 Å². The van der Waals surface area contributed by atoms with Crippen molar-refractivity contribution < 1.29 is 23.8 Å². The second kappa shape index (κ2) is 8.97. The lowest BCUT2D eigenvalue weighted by atomic mass is 9.95. The fraction of sp³-hybridized carbons (Fsp3) is 0.455. The number of carbonyl (C=O) groups excluding carboxylic acids is 2. The third-order valence-corrected chi connectivity index (χ3v) is 6.57. The van der Waals surface area contributed by atoms with Crippen LogP contribution in [-0.2, 0) is 22.3 Å². The molecule has 1 atom stereocenters. The second-order valence-corrected chi connectivity index (χ2v) is 8.44. The van der Waals surface area contributed by atoms with Crippen molar-refractivity contribution in [3.05, 3.63) is 45.8 Å². The molecular weight excluding hydrogens is 390 g/mol. The van der Waals surface area contributed by atoms with Crippen LogP contribution in [-0.4, -0.2) is 38.3 Å². The summed E-state index contributed by atoms with van der Waals surface area (Å²) in [5, 5.41) is 3.49. The maximum atomic E-state index is 12.8. The molecule has 1 unspecified atom stereocenters. The minimum Gasteiger partial charge on any atom is -0.491 e. The Balaban J connectivity index is 1.45. The number of benzene rings is 1. The summed E-state index contributed by atoms with van der Waals surface area (Å²) in [4.78, 5) is 26.2. The van der Waals surface area contributed by atoms with Crippen molar-refractivity contribution in [2.45, 2.75) is 44.6 Å². The molecule has 6 nitrogen and oxygen atoms in total. The smallest absolute Gasteiger partial charge is 0.341 e. The Morgan fingerprint density at radius 3 is 2.69 bits per heavy atom. The zero-order valence-electron chi connectivity index (χ0n) is 16.5. The summed E-state index contributed by atoms with van der Waals surface area (Å²) in [7, 11) is 1.37. The predicted octanol–water partition coefficient (Wildman–Crippen LogP) is 4.22. The number of amides is 1. The normalized spacial score (nSPS) is 18.2. The van der Waals surface area contributed by atoms with Gasteiger partial charge in [0.2, 0.25) is 0 Å². The van der Waals surface area contributed by atoms with E-state index in [2.05, 4.69) is 5.32 Å². The average molecular weight is 416 g/mol. The molecule has 0 spiro atoms. The van der Waals surface area contributed by atoms with Crippen LogP contribution in [0, 0.1) is 0 Å². The number of hydrogen-bond acceptors (Lipinski definition) is 6. The lowest BCUT2D eigenvalue weighted by Crippen LogP contribution is -2.16. The van der Waals surface area contributed by atoms with Crippen LogP contribution in [0.15, 0.2) is 24.3 Å². The van der Waals surface area contributed by atoms with Crippen LogP contribution in [0.5, 0.6) is 5.75 Å². The summed E-state index contributed by atoms with van der Waals surface area (Å²) in [6, 6.07) is 7.02. The van der Waals surface area contributed by atoms with Crippen LogP contribution < -0.4 is 10.1 Å². The van der Waals surface area contributed by atoms with Gasteiger partial charge in [-0.25, -0.2) is 4.79 Å². The molecule has 1 amide bonds. The van der Waals surface area contributed by atoms with Crippen LogP contribution in [0.1, 0.15) is 56.8 Å². The van der Waals surface area contributed by atoms with Gasteiger partial charge in [0.05, 0.1) is 18.8 Å². The van der Waals surface area contributed by atoms with E-state index in [1.54, 1.807) is 24.3 Å². The molecule has 1 N–H and O–H groups in total. The molecule has 29 heavy (non-hydrogen) atoms. The van der Waals surface area contributed by atoms with Crippen molar-refractivity contribution in [1.29, 1.82) is 0 Å². The zero-order valence-corrected chi connectivity index (χ0v) is 17.3. The Morgan fingerprint density at radius 2 is 1.97 bits per heavy atom. The molecule has 0 radical (unpaired) electrons. The van der Waals surface area contributed by atoms with E-state index in [1.165, 1.54) is 23.3 Å². The predicted molar refractivity (Wildman–Crippen MR) is 111 cm³/mol. The fourth-order valence-corrected chi connectivity index (χ4v) is 5.09. The summed E-state index contributed by atoms with van der Waals surface area (Å²) in [6.45, 7) is 1.32. The number of aryl methyl sites for hydroxylation is 1. The molecule has 1 aliphatic heterocycles. The van der Waals surface area contributed by atoms with E-state index < -0.39 is 5.97 Å². The Labute approximate surface area is 174 Å². The van der Waals surface area contributed by atoms with Gasteiger partial charge in [-0.15, -0.1) is 11.3 Å². The summed E-state index contributed by atoms with van der Waals surface area (Å²) >= 11 is 1.48. The number of thiophene rings is 1. The lowest BCUT2D eigenvalue weighted by molar-refractivity contribution is 0.0601. The molecule has 2 aliphatic rings. The first kappa shape index (κ1) is 19.9. The van der Waals surface area contributed by atoms with E-state index in [1.807, 2.05) is 0 Å². The van der Waals surface area contributed by atoms with E-state index in [0.717, 1.165) is 50.7 Å². The first-order valence-electron chi connectivity index (χ1n) is 10.0. The van der Waals surface area contributed by atoms with Gasteiger partial charge in [-0.2, -0.15) is 0 Å². The van der Waals surface area contributed by atoms with E-state index in [0.29, 0.717) is 28.5 Å². The van der Waals surface area contributed by atoms with Gasteiger partial charge in [-0.05, 0) is 68.4 Å². The maximum Gasteiger partial charge on any atom is 0.341 e. The van der Waals surface area contributed by atoms with E-state index in [4.69, 9.17) is 14.2 Å². The third kappa shape index (κ3) is 4.46. The van der Waals surface area contributed by atoms with Crippen LogP contribution >= 0.6 is 11.3 Å². The molecular formula is C22H25NO5S. The second-order valence-electron chi connectivity index (χ2n) is 7.33. The lowest BCUT2D eigenvalue weighted by Gasteiger charge is -2.12. The Kier molecular flexibility index (Phi) is 6.16. The minimum absolute atomic E-state index is 0.152. The van der Waals surface area contributed by atoms with Gasteiger partial charge in [0.1, 0.15) is 17.4 Å². The van der Waals surface area contributed by atoms with Crippen molar-refractivity contribution in [3.63, 3.8) is 0 Å². The monoisotopic (exact) mass is 415 g/mol. The SMILES string of the molecule is COC(=O)c1c(NC(=O)c2ccc(OCC3CCCO3)cc2)sc2c1CCCC2. The zero-order chi connectivity index (χ0) is 20.2. The van der Waals surface area contributed by atoms with Crippen LogP contribution in [0.25, 0.3) is 0 Å². The number of esters is 1. The molecule has 0 bridgehead atoms. The summed E-state index contributed by atoms with van der Waals surface area (Å²) in [5.41, 5.74) is 2.05. The largest absolute Gasteiger partial charge is 0.491 e. The van der Waals surface area contributed by atoms with Gasteiger partial charge in [0, 0.05) is 17.0 Å². The number of rotatable bonds is 6. The van der Waals surface area contributed by atoms with Crippen LogP contribution in [0.2, 0.25) is 0 Å². The van der Waals surface area contributed by atoms with E-state index in [-0.39, 0.29) is 12.0 Å². The molecule has 2 aromatic rings. The van der Waals surface area contributed by atoms with Gasteiger partial charge in [-0.3, -0.25) is 4.79 Å². The highest BCUT2D eigenvalue weighted by Gasteiger charge is 2.27. The van der Waals surface area contributed by atoms with Gasteiger partial charge < -0.3 is 19.5 Å². The van der Waals surface area contributed by atoms with Gasteiger partial charge in [0.15, 0.2) is 0 Å². The molecule has 1 saturated heterocycles. The number of fused-ring (bicyclic) bond motifs is 1. The average Bonchev–Trinajstić information content (AvgIpc) is 3.39. The highest BCUT2D eigenvalue weighted by atomic mass is 32.1. The summed E-state index contributed by atoms with van der Waals surface area (Å²) in [6.07, 6.45) is 6.20. The van der Waals surface area contributed by atoms with Crippen LogP contribution in [0.3, 0.4) is 0 Å². The van der Waals surface area contributed by atoms with Crippen molar-refractivity contribution in [2.75, 3.05) is 25.6 Å². The highest BCUT2D eigenvalue weighted by Crippen LogP contribution is 2.38. The Morgan fingerprint density at radius 1 is 1.17 bits per heavy atom. The molecule has 2 heterocycles. The molecule has 1 fully saturated rings. The molecule has 1 aromatic carbocycles. The van der Waals surface area contributed by atoms with E-state index >= 15 is 0 Å². The third-order valence-electron chi connectivity index (χ3n) is 5.36.